The summed E-state index contributed by atoms with van der Waals surface area (Å²) in [5, 5.41) is 27.4. The molecule has 280 valence electrons. The number of aliphatic carboxylic acids is 1. The van der Waals surface area contributed by atoms with Crippen LogP contribution in [0.1, 0.15) is 46.9 Å². The van der Waals surface area contributed by atoms with Gasteiger partial charge in [-0.1, -0.05) is 44.2 Å². The monoisotopic (exact) mass is 739 g/mol. The fourth-order valence-electron chi connectivity index (χ4n) is 4.84. The first-order valence-corrected chi connectivity index (χ1v) is 15.9. The van der Waals surface area contributed by atoms with Gasteiger partial charge in [0.1, 0.15) is 30.1 Å². The lowest BCUT2D eigenvalue weighted by Gasteiger charge is -2.27. The number of nitrogens with one attached hydrogen (secondary N) is 4. The number of hydrogen-bond acceptors (Lipinski definition) is 9. The molecule has 3 rings (SSSR count). The normalized spacial score (nSPS) is 12.6. The van der Waals surface area contributed by atoms with Crippen molar-refractivity contribution in [3.8, 4) is 17.6 Å². The zero-order chi connectivity index (χ0) is 39.3. The number of methoxy groups -OCH3 is 1. The number of benzene rings is 3. The number of amides is 4. The summed E-state index contributed by atoms with van der Waals surface area (Å²) in [6.07, 6.45) is -5.48. The van der Waals surface area contributed by atoms with Crippen LogP contribution >= 0.6 is 0 Å². The van der Waals surface area contributed by atoms with E-state index in [2.05, 4.69) is 21.3 Å². The van der Waals surface area contributed by atoms with Crippen LogP contribution in [0.4, 0.5) is 13.2 Å². The van der Waals surface area contributed by atoms with Gasteiger partial charge in [0, 0.05) is 12.0 Å². The van der Waals surface area contributed by atoms with E-state index in [1.54, 1.807) is 12.1 Å². The van der Waals surface area contributed by atoms with E-state index in [0.717, 1.165) is 0 Å². The highest BCUT2D eigenvalue weighted by molar-refractivity contribution is 5.99. The third-order valence-electron chi connectivity index (χ3n) is 7.54. The minimum absolute atomic E-state index is 0.0353. The summed E-state index contributed by atoms with van der Waals surface area (Å²) in [5.74, 6) is -7.68. The van der Waals surface area contributed by atoms with Crippen molar-refractivity contribution in [1.29, 1.82) is 5.26 Å². The highest BCUT2D eigenvalue weighted by atomic mass is 19.4. The van der Waals surface area contributed by atoms with Gasteiger partial charge in [-0.3, -0.25) is 28.8 Å². The number of Topliss-reactive ketones (excluding diaryl/α,β-unsaturated/α-hetero) is 1. The van der Waals surface area contributed by atoms with Gasteiger partial charge < -0.3 is 35.8 Å². The van der Waals surface area contributed by atoms with Crippen LogP contribution in [0.25, 0.3) is 0 Å². The van der Waals surface area contributed by atoms with Crippen LogP contribution in [-0.2, 0) is 30.4 Å². The van der Waals surface area contributed by atoms with Gasteiger partial charge >= 0.3 is 12.1 Å². The fraction of sp³-hybridized carbons (Fsp3) is 0.306. The summed E-state index contributed by atoms with van der Waals surface area (Å²) in [4.78, 5) is 75.9. The molecule has 0 fully saturated rings. The number of carboxylic acids is 1. The number of carbonyl (C=O) groups is 6. The van der Waals surface area contributed by atoms with Crippen LogP contribution in [0.15, 0.2) is 72.8 Å². The smallest absolute Gasteiger partial charge is 0.452 e. The molecule has 0 bridgehead atoms. The van der Waals surface area contributed by atoms with Crippen LogP contribution in [0, 0.1) is 17.2 Å². The molecule has 0 aliphatic rings. The summed E-state index contributed by atoms with van der Waals surface area (Å²) >= 11 is 0. The lowest BCUT2D eigenvalue weighted by Crippen LogP contribution is -2.55. The molecule has 0 saturated heterocycles. The molecule has 53 heavy (non-hydrogen) atoms. The van der Waals surface area contributed by atoms with E-state index in [9.17, 15) is 47.2 Å². The van der Waals surface area contributed by atoms with Gasteiger partial charge in [-0.25, -0.2) is 0 Å². The Morgan fingerprint density at radius 1 is 0.868 bits per heavy atom. The fourth-order valence-corrected chi connectivity index (χ4v) is 4.84. The third kappa shape index (κ3) is 12.4. The van der Waals surface area contributed by atoms with Gasteiger partial charge in [0.2, 0.25) is 11.8 Å². The second kappa shape index (κ2) is 18.7. The maximum absolute atomic E-state index is 14.0. The van der Waals surface area contributed by atoms with Gasteiger partial charge in [-0.05, 0) is 59.5 Å². The number of rotatable bonds is 17. The quantitative estimate of drug-likeness (QED) is 0.137. The average molecular weight is 740 g/mol. The number of nitrogens with zero attached hydrogens (tertiary/aromatic N) is 1. The molecule has 14 nitrogen and oxygen atoms in total. The summed E-state index contributed by atoms with van der Waals surface area (Å²) in [7, 11) is 1.38. The Balaban J connectivity index is 1.94. The second-order valence-corrected chi connectivity index (χ2v) is 11.8. The summed E-state index contributed by atoms with van der Waals surface area (Å²) < 4.78 is 50.8. The number of ether oxygens (including phenoxy) is 2. The molecule has 17 heteroatoms. The molecule has 0 aliphatic carbocycles. The lowest BCUT2D eigenvalue weighted by atomic mass is 9.97. The minimum Gasteiger partial charge on any atom is -0.497 e. The number of alkyl halides is 3. The molecule has 0 saturated carbocycles. The Kier molecular flexibility index (Phi) is 14.5. The topological polar surface area (TPSA) is 213 Å². The van der Waals surface area contributed by atoms with E-state index < -0.39 is 78.8 Å². The van der Waals surface area contributed by atoms with Crippen molar-refractivity contribution in [2.45, 2.75) is 44.6 Å². The molecule has 3 aromatic rings. The van der Waals surface area contributed by atoms with E-state index in [-0.39, 0.29) is 28.9 Å². The largest absolute Gasteiger partial charge is 0.497 e. The summed E-state index contributed by atoms with van der Waals surface area (Å²) in [5.41, 5.74) is 0.740. The molecule has 0 spiro atoms. The number of carbonyl (C=O) groups excluding carboxylic acids is 5. The van der Waals surface area contributed by atoms with Crippen molar-refractivity contribution < 1.29 is 56.5 Å². The molecule has 3 atom stereocenters. The SMILES string of the molecule is COc1ccc([C@H](NC(=O)[C@H](Cc2cccc(C#N)c2)NC(=O)c2cccc(OCC(=O)NCC(=O)O)c2)C(=O)N[C@H](C(=O)C(F)(F)F)C(C)C)cc1. The predicted octanol–water partition coefficient (Wildman–Crippen LogP) is 2.62. The van der Waals surface area contributed by atoms with Crippen molar-refractivity contribution in [2.75, 3.05) is 20.3 Å². The van der Waals surface area contributed by atoms with E-state index >= 15 is 0 Å². The van der Waals surface area contributed by atoms with Crippen LogP contribution < -0.4 is 30.7 Å². The zero-order valence-corrected chi connectivity index (χ0v) is 28.7. The van der Waals surface area contributed by atoms with Crippen molar-refractivity contribution in [3.63, 3.8) is 0 Å². The number of ketones is 1. The molecule has 0 unspecified atom stereocenters. The zero-order valence-electron chi connectivity index (χ0n) is 28.7. The Hall–Kier alpha value is -6.44. The van der Waals surface area contributed by atoms with Crippen molar-refractivity contribution in [3.05, 3.63) is 95.1 Å². The maximum atomic E-state index is 14.0. The van der Waals surface area contributed by atoms with E-state index in [1.807, 2.05) is 6.07 Å². The second-order valence-electron chi connectivity index (χ2n) is 11.8. The van der Waals surface area contributed by atoms with E-state index in [0.29, 0.717) is 11.3 Å². The highest BCUT2D eigenvalue weighted by Gasteiger charge is 2.45. The first-order valence-electron chi connectivity index (χ1n) is 15.9. The van der Waals surface area contributed by atoms with Gasteiger partial charge in [0.15, 0.2) is 6.61 Å². The van der Waals surface area contributed by atoms with Crippen LogP contribution in [0.3, 0.4) is 0 Å². The maximum Gasteiger partial charge on any atom is 0.452 e. The minimum atomic E-state index is -5.26. The van der Waals surface area contributed by atoms with Gasteiger partial charge in [-0.2, -0.15) is 18.4 Å². The molecule has 0 aliphatic heterocycles. The first kappa shape index (κ1) is 41.0. The molecule has 4 amide bonds. The van der Waals surface area contributed by atoms with Crippen LogP contribution in [0.2, 0.25) is 0 Å². The van der Waals surface area contributed by atoms with E-state index in [1.165, 1.54) is 81.6 Å². The standard InChI is InChI=1S/C36H36F3N5O9/c1-20(2)30(32(48)36(37,38)39)43-35(51)31(23-10-12-25(52-3)13-11-23)44-34(50)27(15-21-6-4-7-22(14-21)17-40)42-33(49)24-8-5-9-26(16-24)53-19-28(45)41-18-29(46)47/h4-14,16,20,27,30-31H,15,18-19H2,1-3H3,(H,41,45)(H,42,49)(H,43,51)(H,44,50)(H,46,47)/t27-,30-,31-/m0/s1. The van der Waals surface area contributed by atoms with Gasteiger partial charge in [0.25, 0.3) is 17.6 Å². The number of hydrogen-bond donors (Lipinski definition) is 5. The van der Waals surface area contributed by atoms with Gasteiger partial charge in [0.05, 0.1) is 24.8 Å². The Morgan fingerprint density at radius 2 is 1.55 bits per heavy atom. The molecule has 5 N–H and O–H groups in total. The molecule has 0 radical (unpaired) electrons. The van der Waals surface area contributed by atoms with Crippen molar-refractivity contribution >= 4 is 35.4 Å². The van der Waals surface area contributed by atoms with Crippen molar-refractivity contribution in [2.24, 2.45) is 5.92 Å². The number of nitriles is 1. The first-order chi connectivity index (χ1) is 25.0. The average Bonchev–Trinajstić information content (AvgIpc) is 3.13. The number of halogens is 3. The Morgan fingerprint density at radius 3 is 2.15 bits per heavy atom. The number of carboxylic acid groups (broad SMARTS) is 1. The molecule has 0 heterocycles. The summed E-state index contributed by atoms with van der Waals surface area (Å²) in [6, 6.07) is 14.1. The predicted molar refractivity (Wildman–Crippen MR) is 180 cm³/mol. The summed E-state index contributed by atoms with van der Waals surface area (Å²) in [6.45, 7) is 1.42. The van der Waals surface area contributed by atoms with E-state index in [4.69, 9.17) is 14.6 Å². The van der Waals surface area contributed by atoms with Gasteiger partial charge in [-0.15, -0.1) is 0 Å². The highest BCUT2D eigenvalue weighted by Crippen LogP contribution is 2.24. The molecule has 0 aromatic heterocycles. The van der Waals surface area contributed by atoms with Crippen LogP contribution in [-0.4, -0.2) is 79.0 Å². The van der Waals surface area contributed by atoms with Crippen LogP contribution in [0.5, 0.6) is 11.5 Å². The Labute approximate surface area is 301 Å². The third-order valence-corrected chi connectivity index (χ3v) is 7.54. The Bertz CT molecular complexity index is 1860. The molecular weight excluding hydrogens is 703 g/mol. The van der Waals surface area contributed by atoms with Crippen molar-refractivity contribution in [1.82, 2.24) is 21.3 Å². The lowest BCUT2D eigenvalue weighted by molar-refractivity contribution is -0.175. The molecular formula is C36H36F3N5O9. The molecule has 3 aromatic carbocycles.